The van der Waals surface area contributed by atoms with Gasteiger partial charge in [-0.2, -0.15) is 0 Å². The van der Waals surface area contributed by atoms with Crippen LogP contribution < -0.4 is 5.32 Å². The van der Waals surface area contributed by atoms with Crippen molar-refractivity contribution in [3.63, 3.8) is 0 Å². The van der Waals surface area contributed by atoms with Crippen LogP contribution in [0.2, 0.25) is 0 Å². The number of amides is 2. The molecule has 1 spiro atoms. The largest absolute Gasteiger partial charge is 0.351 e. The molecule has 1 aliphatic carbocycles. The average Bonchev–Trinajstić information content (AvgIpc) is 2.87. The van der Waals surface area contributed by atoms with Crippen LogP contribution in [-0.2, 0) is 17.9 Å². The minimum Gasteiger partial charge on any atom is -0.351 e. The van der Waals surface area contributed by atoms with Crippen molar-refractivity contribution in [3.05, 3.63) is 101 Å². The van der Waals surface area contributed by atoms with Crippen LogP contribution in [0.5, 0.6) is 0 Å². The van der Waals surface area contributed by atoms with Gasteiger partial charge >= 0.3 is 0 Å². The van der Waals surface area contributed by atoms with E-state index in [1.165, 1.54) is 0 Å². The molecule has 0 saturated heterocycles. The van der Waals surface area contributed by atoms with E-state index >= 15 is 0 Å². The summed E-state index contributed by atoms with van der Waals surface area (Å²) in [7, 11) is 0. The van der Waals surface area contributed by atoms with Crippen molar-refractivity contribution in [1.29, 1.82) is 0 Å². The van der Waals surface area contributed by atoms with Gasteiger partial charge in [-0.1, -0.05) is 73.9 Å². The first-order chi connectivity index (χ1) is 16.2. The zero-order valence-corrected chi connectivity index (χ0v) is 18.7. The molecule has 5 nitrogen and oxygen atoms in total. The van der Waals surface area contributed by atoms with Gasteiger partial charge in [0.05, 0.1) is 11.5 Å². The molecule has 1 aliphatic heterocycles. The van der Waals surface area contributed by atoms with Gasteiger partial charge in [0.15, 0.2) is 0 Å². The lowest BCUT2D eigenvalue weighted by molar-refractivity contribution is -0.127. The van der Waals surface area contributed by atoms with Crippen LogP contribution in [0.25, 0.3) is 0 Å². The number of hydrogen-bond donors (Lipinski definition) is 1. The minimum atomic E-state index is -0.515. The number of pyridine rings is 1. The Hall–Kier alpha value is -3.47. The van der Waals surface area contributed by atoms with Crippen LogP contribution >= 0.6 is 0 Å². The lowest BCUT2D eigenvalue weighted by Crippen LogP contribution is -2.62. The Morgan fingerprint density at radius 2 is 1.67 bits per heavy atom. The number of fused-ring (bicyclic) bond motifs is 1. The first-order valence-corrected chi connectivity index (χ1v) is 11.8. The fourth-order valence-electron chi connectivity index (χ4n) is 5.63. The van der Waals surface area contributed by atoms with E-state index in [2.05, 4.69) is 22.4 Å². The molecule has 2 aromatic carbocycles. The van der Waals surface area contributed by atoms with Gasteiger partial charge in [-0.15, -0.1) is 0 Å². The number of carbonyl (C=O) groups excluding carboxylic acids is 2. The molecular weight excluding hydrogens is 410 g/mol. The van der Waals surface area contributed by atoms with E-state index in [0.717, 1.165) is 48.8 Å². The van der Waals surface area contributed by atoms with Crippen LogP contribution in [0.1, 0.15) is 65.1 Å². The molecule has 0 radical (unpaired) electrons. The van der Waals surface area contributed by atoms with Crippen molar-refractivity contribution >= 4 is 11.8 Å². The summed E-state index contributed by atoms with van der Waals surface area (Å²) in [5, 5.41) is 3.16. The van der Waals surface area contributed by atoms with Gasteiger partial charge < -0.3 is 10.2 Å². The smallest absolute Gasteiger partial charge is 0.254 e. The lowest BCUT2D eigenvalue weighted by Gasteiger charge is -2.53. The summed E-state index contributed by atoms with van der Waals surface area (Å²) in [6.07, 6.45) is 8.36. The van der Waals surface area contributed by atoms with E-state index in [4.69, 9.17) is 0 Å². The first-order valence-electron chi connectivity index (χ1n) is 11.8. The van der Waals surface area contributed by atoms with Gasteiger partial charge in [-0.3, -0.25) is 14.6 Å². The lowest BCUT2D eigenvalue weighted by atomic mass is 9.65. The van der Waals surface area contributed by atoms with E-state index in [-0.39, 0.29) is 11.8 Å². The summed E-state index contributed by atoms with van der Waals surface area (Å²) in [5.74, 6) is -0.376. The van der Waals surface area contributed by atoms with Gasteiger partial charge in [-0.25, -0.2) is 0 Å². The predicted molar refractivity (Wildman–Crippen MR) is 127 cm³/mol. The Morgan fingerprint density at radius 1 is 0.939 bits per heavy atom. The summed E-state index contributed by atoms with van der Waals surface area (Å²) in [4.78, 5) is 33.8. The number of nitrogens with zero attached hydrogens (tertiary/aromatic N) is 2. The summed E-state index contributed by atoms with van der Waals surface area (Å²) < 4.78 is 0. The van der Waals surface area contributed by atoms with Crippen molar-refractivity contribution in [2.75, 3.05) is 0 Å². The summed E-state index contributed by atoms with van der Waals surface area (Å²) in [6.45, 7) is 0.939. The highest BCUT2D eigenvalue weighted by atomic mass is 16.2. The Balaban J connectivity index is 1.56. The van der Waals surface area contributed by atoms with Crippen molar-refractivity contribution in [1.82, 2.24) is 15.2 Å². The maximum absolute atomic E-state index is 13.8. The van der Waals surface area contributed by atoms with Crippen LogP contribution in [0.3, 0.4) is 0 Å². The quantitative estimate of drug-likeness (QED) is 0.619. The Morgan fingerprint density at radius 3 is 2.42 bits per heavy atom. The third-order valence-electron chi connectivity index (χ3n) is 7.18. The van der Waals surface area contributed by atoms with E-state index in [1.54, 1.807) is 12.4 Å². The fraction of sp³-hybridized carbons (Fsp3) is 0.321. The normalized spacial score (nSPS) is 19.2. The molecule has 0 bridgehead atoms. The van der Waals surface area contributed by atoms with Crippen molar-refractivity contribution < 1.29 is 9.59 Å². The molecule has 33 heavy (non-hydrogen) atoms. The zero-order chi connectivity index (χ0) is 22.7. The molecule has 1 aromatic heterocycles. The van der Waals surface area contributed by atoms with Crippen molar-refractivity contribution in [3.8, 4) is 0 Å². The second kappa shape index (κ2) is 9.18. The molecule has 168 valence electrons. The number of rotatable bonds is 5. The molecule has 2 aliphatic rings. The molecule has 5 heteroatoms. The van der Waals surface area contributed by atoms with Crippen LogP contribution in [0.4, 0.5) is 0 Å². The average molecular weight is 440 g/mol. The summed E-state index contributed by atoms with van der Waals surface area (Å²) >= 11 is 0. The molecule has 3 aromatic rings. The topological polar surface area (TPSA) is 62.3 Å². The third-order valence-corrected chi connectivity index (χ3v) is 7.18. The van der Waals surface area contributed by atoms with Gasteiger partial charge in [0.2, 0.25) is 5.91 Å². The standard InChI is InChI=1S/C28H29N3O2/c32-26(30-19-22-12-9-17-29-18-22)25-23-13-5-6-14-24(23)27(33)31(20-21-10-3-1-4-11-21)28(25)15-7-2-8-16-28/h1,3-6,9-14,17-18,25H,2,7-8,15-16,19-20H2,(H,30,32)/t25-/m0/s1. The highest BCUT2D eigenvalue weighted by molar-refractivity contribution is 6.02. The Kier molecular flexibility index (Phi) is 5.95. The molecule has 5 rings (SSSR count). The predicted octanol–water partition coefficient (Wildman–Crippen LogP) is 4.84. The van der Waals surface area contributed by atoms with E-state index in [0.29, 0.717) is 18.7 Å². The van der Waals surface area contributed by atoms with Crippen LogP contribution in [-0.4, -0.2) is 27.2 Å². The van der Waals surface area contributed by atoms with E-state index in [9.17, 15) is 9.59 Å². The maximum Gasteiger partial charge on any atom is 0.254 e. The highest BCUT2D eigenvalue weighted by Gasteiger charge is 2.54. The molecule has 2 amide bonds. The third kappa shape index (κ3) is 4.04. The van der Waals surface area contributed by atoms with Gasteiger partial charge in [0, 0.05) is 31.0 Å². The SMILES string of the molecule is O=C(NCc1cccnc1)[C@@H]1c2ccccc2C(=O)N(Cc2ccccc2)C12CCCCC2. The number of benzene rings is 2. The summed E-state index contributed by atoms with van der Waals surface area (Å²) in [5.41, 5.74) is 3.04. The molecule has 1 atom stereocenters. The monoisotopic (exact) mass is 439 g/mol. The Labute approximate surface area is 194 Å². The molecule has 1 N–H and O–H groups in total. The molecule has 2 heterocycles. The van der Waals surface area contributed by atoms with Crippen LogP contribution in [0, 0.1) is 0 Å². The maximum atomic E-state index is 13.8. The fourth-order valence-corrected chi connectivity index (χ4v) is 5.63. The van der Waals surface area contributed by atoms with E-state index < -0.39 is 11.5 Å². The highest BCUT2D eigenvalue weighted by Crippen LogP contribution is 2.49. The van der Waals surface area contributed by atoms with Crippen molar-refractivity contribution in [2.24, 2.45) is 0 Å². The second-order valence-corrected chi connectivity index (χ2v) is 9.14. The molecule has 0 unspecified atom stereocenters. The number of carbonyl (C=O) groups is 2. The number of aromatic nitrogens is 1. The first kappa shape index (κ1) is 21.4. The summed E-state index contributed by atoms with van der Waals surface area (Å²) in [6, 6.07) is 21.6. The molecule has 1 fully saturated rings. The van der Waals surface area contributed by atoms with Gasteiger partial charge in [-0.05, 0) is 41.7 Å². The molecular formula is C28H29N3O2. The Bertz CT molecular complexity index is 1120. The molecule has 1 saturated carbocycles. The van der Waals surface area contributed by atoms with Crippen molar-refractivity contribution in [2.45, 2.75) is 56.7 Å². The minimum absolute atomic E-state index is 0.0150. The van der Waals surface area contributed by atoms with Gasteiger partial charge in [0.25, 0.3) is 5.91 Å². The van der Waals surface area contributed by atoms with Gasteiger partial charge in [0.1, 0.15) is 0 Å². The van der Waals surface area contributed by atoms with Crippen LogP contribution in [0.15, 0.2) is 79.1 Å². The zero-order valence-electron chi connectivity index (χ0n) is 18.7. The second-order valence-electron chi connectivity index (χ2n) is 9.14. The number of nitrogens with one attached hydrogen (secondary N) is 1. The van der Waals surface area contributed by atoms with E-state index in [1.807, 2.05) is 59.5 Å². The number of hydrogen-bond acceptors (Lipinski definition) is 3.